The van der Waals surface area contributed by atoms with Crippen molar-refractivity contribution in [2.24, 2.45) is 5.92 Å². The van der Waals surface area contributed by atoms with E-state index in [2.05, 4.69) is 10.6 Å². The lowest BCUT2D eigenvalue weighted by molar-refractivity contribution is -0.145. The Hall–Kier alpha value is -2.35. The minimum Gasteiger partial charge on any atom is -0.436 e. The number of anilines is 1. The highest BCUT2D eigenvalue weighted by atomic mass is 19.1. The van der Waals surface area contributed by atoms with Gasteiger partial charge in [-0.2, -0.15) is 0 Å². The van der Waals surface area contributed by atoms with Crippen molar-refractivity contribution in [3.63, 3.8) is 0 Å². The van der Waals surface area contributed by atoms with E-state index in [0.717, 1.165) is 18.5 Å². The number of halogens is 1. The molecule has 2 aliphatic rings. The maximum absolute atomic E-state index is 13.0. The second-order valence-corrected chi connectivity index (χ2v) is 7.93. The number of carbonyl (C=O) groups is 2. The van der Waals surface area contributed by atoms with Gasteiger partial charge in [-0.15, -0.1) is 0 Å². The van der Waals surface area contributed by atoms with Crippen molar-refractivity contribution in [2.45, 2.75) is 44.6 Å². The Morgan fingerprint density at radius 3 is 2.50 bits per heavy atom. The third-order valence-electron chi connectivity index (χ3n) is 5.69. The van der Waals surface area contributed by atoms with Gasteiger partial charge in [-0.3, -0.25) is 4.79 Å². The molecule has 1 saturated carbocycles. The smallest absolute Gasteiger partial charge is 0.407 e. The molecule has 1 aromatic rings. The van der Waals surface area contributed by atoms with Crippen LogP contribution in [0.15, 0.2) is 24.3 Å². The van der Waals surface area contributed by atoms with E-state index in [4.69, 9.17) is 9.47 Å². The number of hydrogen-bond acceptors (Lipinski definition) is 5. The molecule has 30 heavy (non-hydrogen) atoms. The summed E-state index contributed by atoms with van der Waals surface area (Å²) in [7, 11) is 0. The molecular formula is C22H32FN3O4. The van der Waals surface area contributed by atoms with Crippen molar-refractivity contribution in [3.8, 4) is 0 Å². The maximum Gasteiger partial charge on any atom is 0.407 e. The largest absolute Gasteiger partial charge is 0.436 e. The van der Waals surface area contributed by atoms with Gasteiger partial charge >= 0.3 is 6.09 Å². The molecule has 3 rings (SSSR count). The van der Waals surface area contributed by atoms with E-state index in [-0.39, 0.29) is 11.7 Å². The number of ether oxygens (including phenoxy) is 2. The summed E-state index contributed by atoms with van der Waals surface area (Å²) in [5, 5.41) is 5.79. The van der Waals surface area contributed by atoms with Gasteiger partial charge in [0.25, 0.3) is 5.91 Å². The quantitative estimate of drug-likeness (QED) is 0.631. The van der Waals surface area contributed by atoms with Crippen molar-refractivity contribution in [3.05, 3.63) is 30.1 Å². The average Bonchev–Trinajstić information content (AvgIpc) is 2.78. The predicted molar refractivity (Wildman–Crippen MR) is 112 cm³/mol. The monoisotopic (exact) mass is 421 g/mol. The molecule has 166 valence electrons. The van der Waals surface area contributed by atoms with Crippen LogP contribution in [0.4, 0.5) is 14.9 Å². The van der Waals surface area contributed by atoms with Crippen molar-refractivity contribution < 1.29 is 23.5 Å². The number of alkyl carbamates (subject to hydrolysis) is 1. The number of nitrogens with zero attached hydrogens (tertiary/aromatic N) is 1. The molecule has 0 radical (unpaired) electrons. The number of carbonyl (C=O) groups excluding carboxylic acids is 2. The fourth-order valence-corrected chi connectivity index (χ4v) is 4.02. The molecular weight excluding hydrogens is 389 g/mol. The van der Waals surface area contributed by atoms with Crippen LogP contribution in [-0.2, 0) is 14.3 Å². The van der Waals surface area contributed by atoms with Crippen LogP contribution in [0.5, 0.6) is 0 Å². The van der Waals surface area contributed by atoms with Gasteiger partial charge in [0.15, 0.2) is 6.10 Å². The summed E-state index contributed by atoms with van der Waals surface area (Å²) in [6.07, 6.45) is 4.99. The first-order valence-corrected chi connectivity index (χ1v) is 10.9. The van der Waals surface area contributed by atoms with E-state index in [1.165, 1.54) is 31.4 Å². The normalized spacial score (nSPS) is 18.5. The molecule has 0 spiro atoms. The number of amides is 2. The predicted octanol–water partition coefficient (Wildman–Crippen LogP) is 3.16. The summed E-state index contributed by atoms with van der Waals surface area (Å²) in [5.41, 5.74) is 0.768. The van der Waals surface area contributed by atoms with Crippen molar-refractivity contribution in [1.82, 2.24) is 10.2 Å². The first-order chi connectivity index (χ1) is 14.6. The molecule has 1 aliphatic carbocycles. The Morgan fingerprint density at radius 1 is 1.10 bits per heavy atom. The highest BCUT2D eigenvalue weighted by Crippen LogP contribution is 2.28. The second-order valence-electron chi connectivity index (χ2n) is 7.93. The molecule has 8 heteroatoms. The lowest BCUT2D eigenvalue weighted by Gasteiger charge is -2.32. The van der Waals surface area contributed by atoms with Gasteiger partial charge in [-0.05, 0) is 36.6 Å². The molecule has 1 atom stereocenters. The van der Waals surface area contributed by atoms with Gasteiger partial charge in [0.1, 0.15) is 5.82 Å². The zero-order valence-corrected chi connectivity index (χ0v) is 17.4. The van der Waals surface area contributed by atoms with E-state index in [1.807, 2.05) is 0 Å². The highest BCUT2D eigenvalue weighted by molar-refractivity contribution is 5.83. The molecule has 0 bridgehead atoms. The molecule has 2 amide bonds. The lowest BCUT2D eigenvalue weighted by Crippen LogP contribution is -2.48. The minimum absolute atomic E-state index is 0.122. The van der Waals surface area contributed by atoms with Gasteiger partial charge < -0.3 is 25.0 Å². The van der Waals surface area contributed by atoms with Gasteiger partial charge in [-0.25, -0.2) is 9.18 Å². The summed E-state index contributed by atoms with van der Waals surface area (Å²) in [6.45, 7) is 2.90. The van der Waals surface area contributed by atoms with Crippen molar-refractivity contribution in [1.29, 1.82) is 0 Å². The molecule has 1 saturated heterocycles. The SMILES string of the molecule is O=C(NCCNc1ccc(F)cc1)OC(CC1CCCCC1)C(=O)N1CCOCC1. The van der Waals surface area contributed by atoms with Gasteiger partial charge in [0.05, 0.1) is 13.2 Å². The Morgan fingerprint density at radius 2 is 1.80 bits per heavy atom. The topological polar surface area (TPSA) is 79.9 Å². The van der Waals surface area contributed by atoms with Crippen LogP contribution in [-0.4, -0.2) is 62.4 Å². The maximum atomic E-state index is 13.0. The summed E-state index contributed by atoms with van der Waals surface area (Å²) in [5.74, 6) is 0.00124. The number of morpholine rings is 1. The number of benzene rings is 1. The third-order valence-corrected chi connectivity index (χ3v) is 5.69. The molecule has 2 fully saturated rings. The molecule has 1 aliphatic heterocycles. The van der Waals surface area contributed by atoms with E-state index in [1.54, 1.807) is 17.0 Å². The second kappa shape index (κ2) is 11.7. The average molecular weight is 422 g/mol. The highest BCUT2D eigenvalue weighted by Gasteiger charge is 2.31. The molecule has 7 nitrogen and oxygen atoms in total. The van der Waals surface area contributed by atoms with Crippen LogP contribution in [0.3, 0.4) is 0 Å². The minimum atomic E-state index is -0.753. The number of nitrogens with one attached hydrogen (secondary N) is 2. The van der Waals surface area contributed by atoms with Crippen molar-refractivity contribution >= 4 is 17.7 Å². The van der Waals surface area contributed by atoms with Gasteiger partial charge in [0.2, 0.25) is 0 Å². The molecule has 1 heterocycles. The molecule has 2 N–H and O–H groups in total. The lowest BCUT2D eigenvalue weighted by atomic mass is 9.85. The van der Waals surface area contributed by atoms with Crippen LogP contribution in [0.2, 0.25) is 0 Å². The van der Waals surface area contributed by atoms with Gasteiger partial charge in [-0.1, -0.05) is 32.1 Å². The Kier molecular flexibility index (Phi) is 8.74. The molecule has 1 unspecified atom stereocenters. The first-order valence-electron chi connectivity index (χ1n) is 10.9. The van der Waals surface area contributed by atoms with Crippen LogP contribution < -0.4 is 10.6 Å². The van der Waals surface area contributed by atoms with Crippen LogP contribution >= 0.6 is 0 Å². The third kappa shape index (κ3) is 7.16. The van der Waals surface area contributed by atoms with Crippen molar-refractivity contribution in [2.75, 3.05) is 44.7 Å². The fourth-order valence-electron chi connectivity index (χ4n) is 4.02. The van der Waals surface area contributed by atoms with E-state index in [9.17, 15) is 14.0 Å². The number of hydrogen-bond donors (Lipinski definition) is 2. The first kappa shape index (κ1) is 22.3. The summed E-state index contributed by atoms with van der Waals surface area (Å²) >= 11 is 0. The van der Waals surface area contributed by atoms with Crippen LogP contribution in [0.25, 0.3) is 0 Å². The molecule has 1 aromatic carbocycles. The Balaban J connectivity index is 1.47. The van der Waals surface area contributed by atoms with Gasteiger partial charge in [0, 0.05) is 31.9 Å². The molecule has 0 aromatic heterocycles. The standard InChI is InChI=1S/C22H32FN3O4/c23-18-6-8-19(9-7-18)24-10-11-25-22(28)30-20(16-17-4-2-1-3-5-17)21(27)26-12-14-29-15-13-26/h6-9,17,20,24H,1-5,10-16H2,(H,25,28). The van der Waals surface area contributed by atoms with Crippen LogP contribution in [0, 0.1) is 11.7 Å². The summed E-state index contributed by atoms with van der Waals surface area (Å²) in [4.78, 5) is 27.0. The van der Waals surface area contributed by atoms with E-state index in [0.29, 0.717) is 51.7 Å². The zero-order chi connectivity index (χ0) is 21.2. The van der Waals surface area contributed by atoms with E-state index >= 15 is 0 Å². The zero-order valence-electron chi connectivity index (χ0n) is 17.4. The number of rotatable bonds is 8. The van der Waals surface area contributed by atoms with E-state index < -0.39 is 12.2 Å². The van der Waals surface area contributed by atoms with Crippen LogP contribution in [0.1, 0.15) is 38.5 Å². The fraction of sp³-hybridized carbons (Fsp3) is 0.636. The Labute approximate surface area is 177 Å². The summed E-state index contributed by atoms with van der Waals surface area (Å²) < 4.78 is 23.8. The Bertz CT molecular complexity index is 673. The summed E-state index contributed by atoms with van der Waals surface area (Å²) in [6, 6.07) is 6.01.